The van der Waals surface area contributed by atoms with Crippen molar-refractivity contribution in [2.75, 3.05) is 13.6 Å². The Hall–Kier alpha value is -5.01. The Morgan fingerprint density at radius 2 is 1.71 bits per heavy atom. The minimum atomic E-state index is -4.68. The fourth-order valence-electron chi connectivity index (χ4n) is 9.20. The molecule has 1 aromatic carbocycles. The number of benzene rings is 1. The number of piperidine rings is 1. The van der Waals surface area contributed by atoms with Gasteiger partial charge in [0.25, 0.3) is 0 Å². The monoisotopic (exact) mass is 755 g/mol. The zero-order valence-electron chi connectivity index (χ0n) is 31.5. The fraction of sp³-hybridized carbons (Fsp3) is 0.512. The number of hydrogen-bond acceptors (Lipinski definition) is 8. The lowest BCUT2D eigenvalue weighted by molar-refractivity contribution is -0.141. The first kappa shape index (κ1) is 36.9. The van der Waals surface area contributed by atoms with Crippen molar-refractivity contribution in [1.82, 2.24) is 34.5 Å². The van der Waals surface area contributed by atoms with Crippen LogP contribution in [0, 0.1) is 24.7 Å². The first-order chi connectivity index (χ1) is 26.1. The molecule has 2 amide bonds. The second kappa shape index (κ2) is 13.3. The topological polar surface area (TPSA) is 131 Å². The number of rotatable bonds is 5. The molecule has 3 atom stereocenters. The van der Waals surface area contributed by atoms with E-state index >= 15 is 0 Å². The summed E-state index contributed by atoms with van der Waals surface area (Å²) in [5.74, 6) is -0.321. The van der Waals surface area contributed by atoms with Crippen LogP contribution < -0.4 is 0 Å². The SMILES string of the molecule is CC(=O)c1nn2c3c(cc(-c4cnc(C)nc4)cc13)CCCCCC1(CC1)C(=O)N(C)C[C@@]13C[C@@H](C(=O)Cc4nc(C(F)(F)F)ccc4C)N(C(=O)C2)[C@@H]1C3. The van der Waals surface area contributed by atoms with Gasteiger partial charge < -0.3 is 9.80 Å². The van der Waals surface area contributed by atoms with Gasteiger partial charge in [0, 0.05) is 60.7 Å². The first-order valence-corrected chi connectivity index (χ1v) is 19.1. The number of ketones is 2. The van der Waals surface area contributed by atoms with E-state index in [4.69, 9.17) is 5.10 Å². The Morgan fingerprint density at radius 1 is 0.964 bits per heavy atom. The fourth-order valence-corrected chi connectivity index (χ4v) is 9.20. The predicted octanol–water partition coefficient (Wildman–Crippen LogP) is 6.25. The maximum atomic E-state index is 14.6. The molecule has 4 aliphatic rings. The number of amides is 2. The molecular weight excluding hydrogens is 711 g/mol. The van der Waals surface area contributed by atoms with Gasteiger partial charge in [0.1, 0.15) is 23.8 Å². The molecule has 1 saturated heterocycles. The van der Waals surface area contributed by atoms with Gasteiger partial charge in [0.05, 0.1) is 23.7 Å². The lowest BCUT2D eigenvalue weighted by Crippen LogP contribution is -2.45. The van der Waals surface area contributed by atoms with E-state index in [1.54, 1.807) is 47.8 Å². The Kier molecular flexibility index (Phi) is 8.96. The Balaban J connectivity index is 1.20. The largest absolute Gasteiger partial charge is 0.433 e. The van der Waals surface area contributed by atoms with Crippen molar-refractivity contribution in [2.24, 2.45) is 10.8 Å². The van der Waals surface area contributed by atoms with Crippen molar-refractivity contribution in [1.29, 1.82) is 0 Å². The van der Waals surface area contributed by atoms with Crippen LogP contribution in [0.5, 0.6) is 0 Å². The molecule has 11 nitrogen and oxygen atoms in total. The molecule has 3 aromatic heterocycles. The minimum Gasteiger partial charge on any atom is -0.345 e. The molecule has 4 aromatic rings. The van der Waals surface area contributed by atoms with Crippen LogP contribution in [0.4, 0.5) is 13.2 Å². The van der Waals surface area contributed by atoms with E-state index < -0.39 is 34.5 Å². The number of nitrogens with zero attached hydrogens (tertiary/aromatic N) is 7. The third-order valence-corrected chi connectivity index (χ3v) is 12.4. The third kappa shape index (κ3) is 6.71. The molecule has 1 spiro atoms. The van der Waals surface area contributed by atoms with Gasteiger partial charge in [-0.3, -0.25) is 23.9 Å². The molecular formula is C41H44F3N7O4. The van der Waals surface area contributed by atoms with Gasteiger partial charge in [0.15, 0.2) is 11.6 Å². The summed E-state index contributed by atoms with van der Waals surface area (Å²) in [6.45, 7) is 4.98. The molecule has 5 heterocycles. The summed E-state index contributed by atoms with van der Waals surface area (Å²) in [5, 5.41) is 5.33. The van der Waals surface area contributed by atoms with Crippen molar-refractivity contribution >= 4 is 34.3 Å². The minimum absolute atomic E-state index is 0.0165. The number of Topliss-reactive ketones (excluding diaryl/α,β-unsaturated/α-hetero) is 2. The van der Waals surface area contributed by atoms with E-state index in [0.717, 1.165) is 61.3 Å². The van der Waals surface area contributed by atoms with E-state index in [1.165, 1.54) is 13.0 Å². The lowest BCUT2D eigenvalue weighted by Gasteiger charge is -2.28. The summed E-state index contributed by atoms with van der Waals surface area (Å²) in [6, 6.07) is 4.86. The smallest absolute Gasteiger partial charge is 0.345 e. The average Bonchev–Trinajstić information content (AvgIpc) is 4.00. The van der Waals surface area contributed by atoms with Crippen LogP contribution >= 0.6 is 0 Å². The van der Waals surface area contributed by atoms with Gasteiger partial charge >= 0.3 is 6.18 Å². The summed E-state index contributed by atoms with van der Waals surface area (Å²) in [5.41, 5.74) is 1.86. The number of carbonyl (C=O) groups excluding carboxylic acids is 4. The van der Waals surface area contributed by atoms with Crippen LogP contribution in [0.3, 0.4) is 0 Å². The number of halogens is 3. The first-order valence-electron chi connectivity index (χ1n) is 19.1. The Morgan fingerprint density at radius 3 is 2.40 bits per heavy atom. The number of aromatic nitrogens is 5. The van der Waals surface area contributed by atoms with Crippen LogP contribution in [-0.4, -0.2) is 83.6 Å². The highest BCUT2D eigenvalue weighted by Gasteiger charge is 2.68. The number of carbonyl (C=O) groups is 4. The van der Waals surface area contributed by atoms with Gasteiger partial charge in [-0.2, -0.15) is 18.3 Å². The molecule has 55 heavy (non-hydrogen) atoms. The third-order valence-electron chi connectivity index (χ3n) is 12.4. The summed E-state index contributed by atoms with van der Waals surface area (Å²) >= 11 is 0. The van der Waals surface area contributed by atoms with Gasteiger partial charge in [-0.25, -0.2) is 15.0 Å². The van der Waals surface area contributed by atoms with E-state index in [2.05, 4.69) is 15.0 Å². The van der Waals surface area contributed by atoms with Gasteiger partial charge in [-0.05, 0) is 93.7 Å². The molecule has 2 aliphatic carbocycles. The average molecular weight is 756 g/mol. The quantitative estimate of drug-likeness (QED) is 0.219. The van der Waals surface area contributed by atoms with Crippen LogP contribution in [0.2, 0.25) is 0 Å². The maximum Gasteiger partial charge on any atom is 0.433 e. The number of hydrogen-bond donors (Lipinski definition) is 0. The zero-order chi connectivity index (χ0) is 39.0. The predicted molar refractivity (Wildman–Crippen MR) is 196 cm³/mol. The normalized spacial score (nSPS) is 23.9. The number of alkyl halides is 3. The second-order valence-electron chi connectivity index (χ2n) is 16.3. The van der Waals surface area contributed by atoms with E-state index in [1.807, 2.05) is 12.1 Å². The molecule has 14 heteroatoms. The van der Waals surface area contributed by atoms with Crippen molar-refractivity contribution in [3.05, 3.63) is 70.7 Å². The summed E-state index contributed by atoms with van der Waals surface area (Å²) < 4.78 is 42.4. The van der Waals surface area contributed by atoms with E-state index in [-0.39, 0.29) is 54.4 Å². The molecule has 3 fully saturated rings. The number of pyridine rings is 1. The molecule has 0 N–H and O–H groups in total. The molecule has 2 saturated carbocycles. The van der Waals surface area contributed by atoms with Crippen LogP contribution in [0.1, 0.15) is 97.1 Å². The molecule has 0 unspecified atom stereocenters. The highest BCUT2D eigenvalue weighted by molar-refractivity contribution is 6.07. The van der Waals surface area contributed by atoms with Crippen LogP contribution in [-0.2, 0) is 39.9 Å². The van der Waals surface area contributed by atoms with Crippen molar-refractivity contribution < 1.29 is 32.3 Å². The van der Waals surface area contributed by atoms with Gasteiger partial charge in [0.2, 0.25) is 11.8 Å². The standard InChI is InChI=1S/C41H44F3N7O4/c1-23-9-10-33(41(42,43)44)47-30(23)16-32(53)31-17-40-18-34(40)51(31)35(54)21-50-37-26(8-6-5-7-11-39(12-13-39)38(55)49(4)22-40)14-27(28-19-45-25(3)46-20-28)15-29(37)36(48-50)24(2)52/h9-10,14-15,19-20,31,34H,5-8,11-13,16-18,21-22H2,1-4H3/t31-,34+,40-/m0/s1. The lowest BCUT2D eigenvalue weighted by atomic mass is 9.92. The highest BCUT2D eigenvalue weighted by atomic mass is 19.4. The zero-order valence-corrected chi connectivity index (χ0v) is 31.5. The molecule has 0 radical (unpaired) electrons. The molecule has 288 valence electrons. The van der Waals surface area contributed by atoms with Crippen molar-refractivity contribution in [3.63, 3.8) is 0 Å². The van der Waals surface area contributed by atoms with Gasteiger partial charge in [-0.1, -0.05) is 18.9 Å². The summed E-state index contributed by atoms with van der Waals surface area (Å²) in [6.07, 6.45) is 4.97. The highest BCUT2D eigenvalue weighted by Crippen LogP contribution is 2.61. The summed E-state index contributed by atoms with van der Waals surface area (Å²) in [7, 11) is 1.80. The summed E-state index contributed by atoms with van der Waals surface area (Å²) in [4.78, 5) is 71.8. The van der Waals surface area contributed by atoms with Crippen LogP contribution in [0.25, 0.3) is 22.0 Å². The Labute approximate surface area is 316 Å². The molecule has 2 aliphatic heterocycles. The molecule has 2 bridgehead atoms. The maximum absolute atomic E-state index is 14.6. The Bertz CT molecular complexity index is 2250. The van der Waals surface area contributed by atoms with Gasteiger partial charge in [-0.15, -0.1) is 0 Å². The van der Waals surface area contributed by atoms with Crippen molar-refractivity contribution in [3.8, 4) is 11.1 Å². The number of aryl methyl sites for hydroxylation is 3. The van der Waals surface area contributed by atoms with Crippen LogP contribution in [0.15, 0.2) is 36.7 Å². The van der Waals surface area contributed by atoms with E-state index in [9.17, 15) is 32.3 Å². The molecule has 8 rings (SSSR count). The van der Waals surface area contributed by atoms with E-state index in [0.29, 0.717) is 41.7 Å². The second-order valence-corrected chi connectivity index (χ2v) is 16.3. The van der Waals surface area contributed by atoms with Crippen molar-refractivity contribution in [2.45, 2.75) is 110 Å².